The van der Waals surface area contributed by atoms with Crippen LogP contribution in [0.15, 0.2) is 24.3 Å². The van der Waals surface area contributed by atoms with E-state index in [9.17, 15) is 4.79 Å². The van der Waals surface area contributed by atoms with E-state index in [0.29, 0.717) is 24.0 Å². The largest absolute Gasteiger partial charge is 0.480 e. The number of carbonyl (C=O) groups is 1. The SMILES string of the molecule is CCN(CC(=O)O)C1CC(NC2CCCC2Cc2ccc(Cl)cc2)C1. The molecule has 4 nitrogen and oxygen atoms in total. The second kappa shape index (κ2) is 8.52. The van der Waals surface area contributed by atoms with E-state index in [4.69, 9.17) is 16.7 Å². The summed E-state index contributed by atoms with van der Waals surface area (Å²) in [5.74, 6) is -0.0291. The fourth-order valence-corrected chi connectivity index (χ4v) is 4.55. The van der Waals surface area contributed by atoms with Gasteiger partial charge in [0.25, 0.3) is 0 Å². The number of halogens is 1. The van der Waals surface area contributed by atoms with Crippen LogP contribution in [0.1, 0.15) is 44.6 Å². The fourth-order valence-electron chi connectivity index (χ4n) is 4.42. The van der Waals surface area contributed by atoms with E-state index in [1.165, 1.54) is 24.8 Å². The van der Waals surface area contributed by atoms with Gasteiger partial charge in [-0.2, -0.15) is 0 Å². The van der Waals surface area contributed by atoms with Crippen LogP contribution < -0.4 is 5.32 Å². The highest BCUT2D eigenvalue weighted by Gasteiger charge is 2.37. The highest BCUT2D eigenvalue weighted by Crippen LogP contribution is 2.33. The molecule has 0 spiro atoms. The number of hydrogen-bond donors (Lipinski definition) is 2. The van der Waals surface area contributed by atoms with Gasteiger partial charge in [0, 0.05) is 23.1 Å². The van der Waals surface area contributed by atoms with Gasteiger partial charge in [-0.3, -0.25) is 9.69 Å². The molecule has 2 unspecified atom stereocenters. The van der Waals surface area contributed by atoms with Crippen LogP contribution in [0.3, 0.4) is 0 Å². The first-order chi connectivity index (χ1) is 12.0. The zero-order valence-electron chi connectivity index (χ0n) is 15.0. The molecule has 2 aliphatic rings. The Bertz CT molecular complexity index is 572. The highest BCUT2D eigenvalue weighted by atomic mass is 35.5. The molecule has 0 amide bonds. The molecule has 0 aliphatic heterocycles. The topological polar surface area (TPSA) is 52.6 Å². The van der Waals surface area contributed by atoms with Crippen molar-refractivity contribution in [1.29, 1.82) is 0 Å². The van der Waals surface area contributed by atoms with Crippen molar-refractivity contribution < 1.29 is 9.90 Å². The molecule has 25 heavy (non-hydrogen) atoms. The smallest absolute Gasteiger partial charge is 0.317 e. The number of benzene rings is 1. The van der Waals surface area contributed by atoms with Gasteiger partial charge in [-0.15, -0.1) is 0 Å². The normalized spacial score (nSPS) is 28.9. The van der Waals surface area contributed by atoms with Gasteiger partial charge in [-0.05, 0) is 62.3 Å². The molecule has 2 atom stereocenters. The molecule has 3 rings (SSSR count). The number of likely N-dealkylation sites (N-methyl/N-ethyl adjacent to an activating group) is 1. The highest BCUT2D eigenvalue weighted by molar-refractivity contribution is 6.30. The molecular weight excluding hydrogens is 336 g/mol. The van der Waals surface area contributed by atoms with Crippen molar-refractivity contribution in [3.8, 4) is 0 Å². The van der Waals surface area contributed by atoms with Crippen LogP contribution in [0.5, 0.6) is 0 Å². The third kappa shape index (κ3) is 4.96. The molecule has 0 aromatic heterocycles. The summed E-state index contributed by atoms with van der Waals surface area (Å²) >= 11 is 5.98. The molecule has 1 aromatic rings. The molecule has 0 bridgehead atoms. The zero-order valence-corrected chi connectivity index (χ0v) is 15.7. The van der Waals surface area contributed by atoms with E-state index >= 15 is 0 Å². The Morgan fingerprint density at radius 1 is 1.28 bits per heavy atom. The maximum atomic E-state index is 10.9. The fraction of sp³-hybridized carbons (Fsp3) is 0.650. The summed E-state index contributed by atoms with van der Waals surface area (Å²) in [6.45, 7) is 3.02. The van der Waals surface area contributed by atoms with Gasteiger partial charge in [0.05, 0.1) is 6.54 Å². The van der Waals surface area contributed by atoms with E-state index in [0.717, 1.165) is 30.8 Å². The first kappa shape index (κ1) is 18.7. The number of nitrogens with one attached hydrogen (secondary N) is 1. The first-order valence-corrected chi connectivity index (χ1v) is 9.89. The van der Waals surface area contributed by atoms with Crippen LogP contribution in [-0.2, 0) is 11.2 Å². The quantitative estimate of drug-likeness (QED) is 0.740. The molecule has 5 heteroatoms. The molecule has 2 aliphatic carbocycles. The van der Waals surface area contributed by atoms with Crippen molar-refractivity contribution in [2.75, 3.05) is 13.1 Å². The number of carboxylic acids is 1. The average molecular weight is 365 g/mol. The lowest BCUT2D eigenvalue weighted by atomic mass is 9.83. The molecule has 2 fully saturated rings. The minimum atomic E-state index is -0.725. The summed E-state index contributed by atoms with van der Waals surface area (Å²) in [5.41, 5.74) is 1.37. The van der Waals surface area contributed by atoms with Gasteiger partial charge in [-0.1, -0.05) is 37.1 Å². The Hall–Kier alpha value is -1.10. The maximum absolute atomic E-state index is 10.9. The standard InChI is InChI=1S/C20H29ClN2O2/c1-2-23(13-20(24)25)18-11-17(12-18)22-19-5-3-4-15(19)10-14-6-8-16(21)9-7-14/h6-9,15,17-19,22H,2-5,10-13H2,1H3,(H,24,25). The molecule has 2 N–H and O–H groups in total. The van der Waals surface area contributed by atoms with Crippen molar-refractivity contribution in [3.63, 3.8) is 0 Å². The number of carboxylic acid groups (broad SMARTS) is 1. The summed E-state index contributed by atoms with van der Waals surface area (Å²) in [6, 6.07) is 9.80. The van der Waals surface area contributed by atoms with Gasteiger partial charge < -0.3 is 10.4 Å². The summed E-state index contributed by atoms with van der Waals surface area (Å²) in [4.78, 5) is 13.0. The predicted molar refractivity (Wildman–Crippen MR) is 101 cm³/mol. The molecule has 1 aromatic carbocycles. The van der Waals surface area contributed by atoms with E-state index in [2.05, 4.69) is 22.3 Å². The number of aliphatic carboxylic acids is 1. The Labute approximate surface area is 155 Å². The summed E-state index contributed by atoms with van der Waals surface area (Å²) in [5, 5.41) is 13.7. The Morgan fingerprint density at radius 2 is 2.00 bits per heavy atom. The molecule has 0 radical (unpaired) electrons. The third-order valence-corrected chi connectivity index (χ3v) is 6.15. The minimum absolute atomic E-state index is 0.163. The van der Waals surface area contributed by atoms with E-state index in [-0.39, 0.29) is 6.54 Å². The van der Waals surface area contributed by atoms with Gasteiger partial charge in [0.2, 0.25) is 0 Å². The molecule has 0 saturated heterocycles. The number of hydrogen-bond acceptors (Lipinski definition) is 3. The average Bonchev–Trinajstić information content (AvgIpc) is 2.97. The van der Waals surface area contributed by atoms with Crippen molar-refractivity contribution in [2.24, 2.45) is 5.92 Å². The zero-order chi connectivity index (χ0) is 17.8. The number of nitrogens with zero attached hydrogens (tertiary/aromatic N) is 1. The molecular formula is C20H29ClN2O2. The van der Waals surface area contributed by atoms with Crippen LogP contribution in [0.4, 0.5) is 0 Å². The van der Waals surface area contributed by atoms with Crippen molar-refractivity contribution in [3.05, 3.63) is 34.9 Å². The lowest BCUT2D eigenvalue weighted by molar-refractivity contribution is -0.139. The number of rotatable bonds is 8. The second-order valence-corrected chi connectivity index (χ2v) is 8.01. The van der Waals surface area contributed by atoms with Gasteiger partial charge >= 0.3 is 5.97 Å². The molecule has 138 valence electrons. The Balaban J connectivity index is 1.46. The van der Waals surface area contributed by atoms with Crippen LogP contribution in [0.25, 0.3) is 0 Å². The summed E-state index contributed by atoms with van der Waals surface area (Å²) in [6.07, 6.45) is 7.11. The van der Waals surface area contributed by atoms with Gasteiger partial charge in [-0.25, -0.2) is 0 Å². The lowest BCUT2D eigenvalue weighted by Crippen LogP contribution is -2.56. The predicted octanol–water partition coefficient (Wildman–Crippen LogP) is 3.58. The Morgan fingerprint density at radius 3 is 2.64 bits per heavy atom. The van der Waals surface area contributed by atoms with Crippen LogP contribution in [0.2, 0.25) is 5.02 Å². The summed E-state index contributed by atoms with van der Waals surface area (Å²) in [7, 11) is 0. The van der Waals surface area contributed by atoms with Crippen LogP contribution in [-0.4, -0.2) is 47.2 Å². The van der Waals surface area contributed by atoms with E-state index in [1.807, 2.05) is 19.1 Å². The van der Waals surface area contributed by atoms with Crippen molar-refractivity contribution in [2.45, 2.75) is 63.6 Å². The lowest BCUT2D eigenvalue weighted by Gasteiger charge is -2.44. The van der Waals surface area contributed by atoms with E-state index in [1.54, 1.807) is 0 Å². The monoisotopic (exact) mass is 364 g/mol. The van der Waals surface area contributed by atoms with Crippen LogP contribution in [0, 0.1) is 5.92 Å². The van der Waals surface area contributed by atoms with Crippen molar-refractivity contribution in [1.82, 2.24) is 10.2 Å². The summed E-state index contributed by atoms with van der Waals surface area (Å²) < 4.78 is 0. The first-order valence-electron chi connectivity index (χ1n) is 9.51. The second-order valence-electron chi connectivity index (χ2n) is 7.57. The van der Waals surface area contributed by atoms with Gasteiger partial charge in [0.15, 0.2) is 0 Å². The Kier molecular flexibility index (Phi) is 6.37. The minimum Gasteiger partial charge on any atom is -0.480 e. The molecule has 2 saturated carbocycles. The van der Waals surface area contributed by atoms with Crippen LogP contribution >= 0.6 is 11.6 Å². The maximum Gasteiger partial charge on any atom is 0.317 e. The molecule has 0 heterocycles. The van der Waals surface area contributed by atoms with Gasteiger partial charge in [0.1, 0.15) is 0 Å². The van der Waals surface area contributed by atoms with Crippen molar-refractivity contribution >= 4 is 17.6 Å². The third-order valence-electron chi connectivity index (χ3n) is 5.89. The van der Waals surface area contributed by atoms with E-state index < -0.39 is 5.97 Å².